The van der Waals surface area contributed by atoms with E-state index >= 15 is 0 Å². The van der Waals surface area contributed by atoms with Crippen molar-refractivity contribution in [2.24, 2.45) is 0 Å². The fourth-order valence-corrected chi connectivity index (χ4v) is 0.934. The normalized spacial score (nSPS) is 8.47. The monoisotopic (exact) mass is 265 g/mol. The van der Waals surface area contributed by atoms with Gasteiger partial charge in [-0.2, -0.15) is 13.3 Å². The van der Waals surface area contributed by atoms with Gasteiger partial charge in [0.2, 0.25) is 0 Å². The molecule has 2 nitrogen and oxygen atoms in total. The van der Waals surface area contributed by atoms with Crippen LogP contribution in [0.1, 0.15) is 65.7 Å². The zero-order valence-corrected chi connectivity index (χ0v) is 13.6. The van der Waals surface area contributed by atoms with Gasteiger partial charge in [-0.1, -0.05) is 39.5 Å². The van der Waals surface area contributed by atoms with E-state index in [9.17, 15) is 4.79 Å². The molecule has 0 saturated heterocycles. The van der Waals surface area contributed by atoms with E-state index < -0.39 is 5.97 Å². The molecule has 3 heteroatoms. The number of hydrogen-bond donors (Lipinski definition) is 1. The van der Waals surface area contributed by atoms with Gasteiger partial charge in [-0.25, -0.2) is 0 Å². The number of rotatable bonds is 7. The van der Waals surface area contributed by atoms with Crippen LogP contribution in [0.3, 0.4) is 0 Å². The summed E-state index contributed by atoms with van der Waals surface area (Å²) in [7, 11) is 0. The van der Waals surface area contributed by atoms with Crippen LogP contribution >= 0.6 is 0 Å². The molecular formula is C12H25O2Zn-. The molecule has 0 aromatic carbocycles. The Balaban J connectivity index is -0.000000187. The third-order valence-electron chi connectivity index (χ3n) is 1.84. The average Bonchev–Trinajstić information content (AvgIpc) is 2.16. The Hall–Kier alpha value is 0.0934. The first kappa shape index (κ1) is 20.5. The summed E-state index contributed by atoms with van der Waals surface area (Å²) in [4.78, 5) is 9.87. The van der Waals surface area contributed by atoms with Crippen LogP contribution in [0.25, 0.3) is 0 Å². The average molecular weight is 267 g/mol. The van der Waals surface area contributed by atoms with Gasteiger partial charge in [0.05, 0.1) is 0 Å². The van der Waals surface area contributed by atoms with E-state index in [-0.39, 0.29) is 19.5 Å². The van der Waals surface area contributed by atoms with Crippen LogP contribution in [0.5, 0.6) is 0 Å². The van der Waals surface area contributed by atoms with Crippen molar-refractivity contribution < 1.29 is 29.4 Å². The summed E-state index contributed by atoms with van der Waals surface area (Å²) >= 11 is 0. The Bertz CT molecular complexity index is 112. The number of aliphatic carboxylic acids is 1. The molecule has 0 aromatic heterocycles. The molecule has 0 atom stereocenters. The number of carbonyl (C=O) groups is 1. The summed E-state index contributed by atoms with van der Waals surface area (Å²) < 4.78 is 0. The Kier molecular flexibility index (Phi) is 26.8. The minimum absolute atomic E-state index is 0. The predicted molar refractivity (Wildman–Crippen MR) is 61.3 cm³/mol. The summed E-state index contributed by atoms with van der Waals surface area (Å²) in [6.07, 6.45) is 9.46. The van der Waals surface area contributed by atoms with E-state index in [1.54, 1.807) is 0 Å². The Labute approximate surface area is 108 Å². The molecule has 88 valence electrons. The molecule has 0 aliphatic heterocycles. The summed E-state index contributed by atoms with van der Waals surface area (Å²) in [6, 6.07) is 0. The van der Waals surface area contributed by atoms with Crippen LogP contribution in [-0.2, 0) is 24.3 Å². The van der Waals surface area contributed by atoms with Gasteiger partial charge in [0.1, 0.15) is 0 Å². The van der Waals surface area contributed by atoms with Crippen molar-refractivity contribution in [2.75, 3.05) is 0 Å². The fourth-order valence-electron chi connectivity index (χ4n) is 0.934. The first-order chi connectivity index (χ1) is 6.68. The van der Waals surface area contributed by atoms with Crippen molar-refractivity contribution in [2.45, 2.75) is 65.7 Å². The van der Waals surface area contributed by atoms with Crippen molar-refractivity contribution in [3.63, 3.8) is 0 Å². The smallest absolute Gasteiger partial charge is 0.303 e. The van der Waals surface area contributed by atoms with Gasteiger partial charge in [-0.3, -0.25) is 4.79 Å². The molecule has 0 amide bonds. The van der Waals surface area contributed by atoms with Gasteiger partial charge < -0.3 is 11.5 Å². The molecule has 1 N–H and O–H groups in total. The summed E-state index contributed by atoms with van der Waals surface area (Å²) in [5, 5.41) is 8.14. The van der Waals surface area contributed by atoms with Crippen molar-refractivity contribution in [1.29, 1.82) is 0 Å². The zero-order chi connectivity index (χ0) is 11.2. The van der Waals surface area contributed by atoms with Crippen molar-refractivity contribution in [3.8, 4) is 0 Å². The first-order valence-electron chi connectivity index (χ1n) is 5.68. The van der Waals surface area contributed by atoms with Crippen molar-refractivity contribution >= 4 is 5.97 Å². The zero-order valence-electron chi connectivity index (χ0n) is 10.6. The maximum Gasteiger partial charge on any atom is 0.303 e. The molecular weight excluding hydrogens is 242 g/mol. The van der Waals surface area contributed by atoms with Crippen LogP contribution in [0.4, 0.5) is 0 Å². The molecule has 0 fully saturated rings. The topological polar surface area (TPSA) is 37.3 Å². The summed E-state index contributed by atoms with van der Waals surface area (Å²) in [5.41, 5.74) is 0. The quantitative estimate of drug-likeness (QED) is 0.429. The molecule has 0 radical (unpaired) electrons. The third kappa shape index (κ3) is 31.5. The fraction of sp³-hybridized carbons (Fsp3) is 0.833. The van der Waals surface area contributed by atoms with Crippen molar-refractivity contribution in [1.82, 2.24) is 0 Å². The SMILES string of the molecule is CCCCCC(=O)O.C[CH-]CCCC.[Zn]. The molecule has 15 heavy (non-hydrogen) atoms. The van der Waals surface area contributed by atoms with E-state index in [0.29, 0.717) is 6.42 Å². The van der Waals surface area contributed by atoms with Crippen LogP contribution < -0.4 is 0 Å². The number of carboxylic acids is 1. The van der Waals surface area contributed by atoms with Gasteiger partial charge in [0.15, 0.2) is 0 Å². The van der Waals surface area contributed by atoms with Gasteiger partial charge in [-0.05, 0) is 6.42 Å². The largest absolute Gasteiger partial charge is 0.481 e. The molecule has 0 aromatic rings. The second-order valence-electron chi connectivity index (χ2n) is 3.40. The van der Waals surface area contributed by atoms with Crippen LogP contribution in [0.15, 0.2) is 0 Å². The molecule has 0 spiro atoms. The maximum absolute atomic E-state index is 9.87. The van der Waals surface area contributed by atoms with Gasteiger partial charge >= 0.3 is 5.97 Å². The van der Waals surface area contributed by atoms with Crippen LogP contribution in [0.2, 0.25) is 0 Å². The number of carboxylic acid groups (broad SMARTS) is 1. The molecule has 0 aliphatic carbocycles. The van der Waals surface area contributed by atoms with E-state index in [4.69, 9.17) is 5.11 Å². The third-order valence-corrected chi connectivity index (χ3v) is 1.84. The summed E-state index contributed by atoms with van der Waals surface area (Å²) in [6.45, 7) is 6.38. The van der Waals surface area contributed by atoms with E-state index in [1.165, 1.54) is 19.3 Å². The van der Waals surface area contributed by atoms with Crippen LogP contribution in [0, 0.1) is 6.42 Å². The first-order valence-corrected chi connectivity index (χ1v) is 5.68. The standard InChI is InChI=1S/C6H12O2.C6H13.Zn/c1-2-3-4-5-6(7)8;1-3-5-6-4-2;/h2-5H2,1H3,(H,7,8);3H,4-6H2,1-2H3;/q;-1;. The van der Waals surface area contributed by atoms with Gasteiger partial charge in [-0.15, -0.1) is 0 Å². The predicted octanol–water partition coefficient (Wildman–Crippen LogP) is 4.05. The molecule has 0 saturated carbocycles. The Morgan fingerprint density at radius 2 is 1.67 bits per heavy atom. The summed E-state index contributed by atoms with van der Waals surface area (Å²) in [5.74, 6) is -0.682. The molecule has 0 bridgehead atoms. The van der Waals surface area contributed by atoms with E-state index in [2.05, 4.69) is 27.2 Å². The second kappa shape index (κ2) is 19.6. The van der Waals surface area contributed by atoms with Gasteiger partial charge in [0.25, 0.3) is 0 Å². The Morgan fingerprint density at radius 1 is 1.13 bits per heavy atom. The van der Waals surface area contributed by atoms with E-state index in [0.717, 1.165) is 19.3 Å². The maximum atomic E-state index is 9.87. The van der Waals surface area contributed by atoms with Crippen LogP contribution in [-0.4, -0.2) is 11.1 Å². The number of hydrogen-bond acceptors (Lipinski definition) is 1. The molecule has 0 aliphatic rings. The molecule has 0 unspecified atom stereocenters. The van der Waals surface area contributed by atoms with E-state index in [1.807, 2.05) is 0 Å². The minimum atomic E-state index is -0.682. The molecule has 0 heterocycles. The van der Waals surface area contributed by atoms with Gasteiger partial charge in [0, 0.05) is 25.9 Å². The second-order valence-corrected chi connectivity index (χ2v) is 3.40. The number of unbranched alkanes of at least 4 members (excludes halogenated alkanes) is 5. The Morgan fingerprint density at radius 3 is 1.93 bits per heavy atom. The van der Waals surface area contributed by atoms with Crippen molar-refractivity contribution in [3.05, 3.63) is 6.42 Å². The minimum Gasteiger partial charge on any atom is -0.481 e. The molecule has 0 rings (SSSR count).